The molecule has 0 aromatic heterocycles. The van der Waals surface area contributed by atoms with Crippen LogP contribution in [0, 0.1) is 17.7 Å². The number of benzene rings is 2. The number of hydrogen-bond donors (Lipinski definition) is 0. The lowest BCUT2D eigenvalue weighted by atomic mass is 9.81. The fraction of sp³-hybridized carbons (Fsp3) is 0.500. The van der Waals surface area contributed by atoms with Crippen molar-refractivity contribution in [2.45, 2.75) is 58.8 Å². The second-order valence-corrected chi connectivity index (χ2v) is 7.70. The third-order valence-electron chi connectivity index (χ3n) is 5.78. The Labute approximate surface area is 157 Å². The van der Waals surface area contributed by atoms with Gasteiger partial charge in [0.25, 0.3) is 0 Å². The van der Waals surface area contributed by atoms with Crippen molar-refractivity contribution < 1.29 is 9.13 Å². The van der Waals surface area contributed by atoms with Crippen molar-refractivity contribution in [1.29, 1.82) is 0 Å². The van der Waals surface area contributed by atoms with Crippen LogP contribution in [-0.4, -0.2) is 6.61 Å². The zero-order chi connectivity index (χ0) is 18.4. The maximum absolute atomic E-state index is 14.5. The predicted octanol–water partition coefficient (Wildman–Crippen LogP) is 7.04. The van der Waals surface area contributed by atoms with Gasteiger partial charge in [0.05, 0.1) is 6.61 Å². The summed E-state index contributed by atoms with van der Waals surface area (Å²) < 4.78 is 20.3. The van der Waals surface area contributed by atoms with E-state index in [1.165, 1.54) is 37.7 Å². The first-order chi connectivity index (χ1) is 12.7. The molecule has 0 unspecified atom stereocenters. The normalized spacial score (nSPS) is 20.1. The molecule has 1 nitrogen and oxygen atoms in total. The van der Waals surface area contributed by atoms with Crippen LogP contribution >= 0.6 is 0 Å². The van der Waals surface area contributed by atoms with E-state index < -0.39 is 0 Å². The van der Waals surface area contributed by atoms with Crippen molar-refractivity contribution in [3.8, 4) is 16.9 Å². The van der Waals surface area contributed by atoms with Crippen LogP contribution < -0.4 is 4.74 Å². The van der Waals surface area contributed by atoms with E-state index in [1.54, 1.807) is 12.1 Å². The van der Waals surface area contributed by atoms with Gasteiger partial charge in [0, 0.05) is 0 Å². The molecule has 2 aromatic rings. The molecule has 1 aliphatic carbocycles. The molecule has 1 aliphatic rings. The van der Waals surface area contributed by atoms with Crippen LogP contribution in [0.2, 0.25) is 0 Å². The lowest BCUT2D eigenvalue weighted by Crippen LogP contribution is -2.20. The summed E-state index contributed by atoms with van der Waals surface area (Å²) in [6.45, 7) is 5.09. The van der Waals surface area contributed by atoms with Crippen molar-refractivity contribution >= 4 is 0 Å². The molecule has 0 radical (unpaired) electrons. The summed E-state index contributed by atoms with van der Waals surface area (Å²) in [6.07, 6.45) is 8.51. The van der Waals surface area contributed by atoms with Crippen molar-refractivity contribution in [3.63, 3.8) is 0 Å². The predicted molar refractivity (Wildman–Crippen MR) is 107 cm³/mol. The minimum absolute atomic E-state index is 0.262. The topological polar surface area (TPSA) is 9.23 Å². The second kappa shape index (κ2) is 9.21. The Kier molecular flexibility index (Phi) is 6.71. The van der Waals surface area contributed by atoms with Crippen molar-refractivity contribution in [2.75, 3.05) is 6.61 Å². The van der Waals surface area contributed by atoms with Crippen molar-refractivity contribution in [1.82, 2.24) is 0 Å². The molecule has 0 spiro atoms. The molecule has 0 saturated heterocycles. The third kappa shape index (κ3) is 4.87. The highest BCUT2D eigenvalue weighted by Gasteiger charge is 2.20. The van der Waals surface area contributed by atoms with Crippen LogP contribution in [0.1, 0.15) is 57.9 Å². The van der Waals surface area contributed by atoms with E-state index in [0.717, 1.165) is 29.9 Å². The number of rotatable bonds is 7. The molecule has 140 valence electrons. The molecule has 26 heavy (non-hydrogen) atoms. The molecule has 0 heterocycles. The van der Waals surface area contributed by atoms with Crippen LogP contribution in [0.3, 0.4) is 0 Å². The minimum Gasteiger partial charge on any atom is -0.490 e. The van der Waals surface area contributed by atoms with Gasteiger partial charge in [-0.3, -0.25) is 0 Å². The number of aryl methyl sites for hydroxylation is 1. The van der Waals surface area contributed by atoms with E-state index in [-0.39, 0.29) is 5.82 Å². The molecule has 2 aromatic carbocycles. The summed E-state index contributed by atoms with van der Waals surface area (Å²) in [5, 5.41) is 0. The molecule has 0 bridgehead atoms. The van der Waals surface area contributed by atoms with E-state index in [2.05, 4.69) is 38.1 Å². The SMILES string of the molecule is CCCc1ccc(-c2ccc(OCC3CCC(CC)CC3)c(F)c2)cc1. The molecule has 0 atom stereocenters. The Balaban J connectivity index is 1.59. The summed E-state index contributed by atoms with van der Waals surface area (Å²) in [7, 11) is 0. The van der Waals surface area contributed by atoms with Crippen LogP contribution in [0.15, 0.2) is 42.5 Å². The van der Waals surface area contributed by atoms with Crippen LogP contribution in [0.4, 0.5) is 4.39 Å². The van der Waals surface area contributed by atoms with E-state index in [0.29, 0.717) is 18.3 Å². The monoisotopic (exact) mass is 354 g/mol. The summed E-state index contributed by atoms with van der Waals surface area (Å²) >= 11 is 0. The summed E-state index contributed by atoms with van der Waals surface area (Å²) in [6, 6.07) is 13.8. The number of ether oxygens (including phenoxy) is 1. The molecular weight excluding hydrogens is 323 g/mol. The highest BCUT2D eigenvalue weighted by atomic mass is 19.1. The highest BCUT2D eigenvalue weighted by molar-refractivity contribution is 5.64. The van der Waals surface area contributed by atoms with Gasteiger partial charge in [-0.1, -0.05) is 69.9 Å². The standard InChI is InChI=1S/C24H31FO/c1-3-5-19-10-12-21(13-11-19)22-14-15-24(23(25)16-22)26-17-20-8-6-18(4-2)7-9-20/h10-16,18,20H,3-9,17H2,1-2H3. The van der Waals surface area contributed by atoms with Gasteiger partial charge in [0.15, 0.2) is 11.6 Å². The molecule has 3 rings (SSSR count). The van der Waals surface area contributed by atoms with Crippen molar-refractivity contribution in [3.05, 3.63) is 53.8 Å². The Bertz CT molecular complexity index is 684. The fourth-order valence-corrected chi connectivity index (χ4v) is 3.96. The van der Waals surface area contributed by atoms with E-state index in [4.69, 9.17) is 4.74 Å². The maximum Gasteiger partial charge on any atom is 0.165 e. The van der Waals surface area contributed by atoms with Crippen LogP contribution in [0.25, 0.3) is 11.1 Å². The Morgan fingerprint density at radius 1 is 0.885 bits per heavy atom. The summed E-state index contributed by atoms with van der Waals surface area (Å²) in [5.74, 6) is 1.57. The van der Waals surface area contributed by atoms with E-state index in [9.17, 15) is 4.39 Å². The Hall–Kier alpha value is -1.83. The first-order valence-electron chi connectivity index (χ1n) is 10.2. The van der Waals surface area contributed by atoms with Gasteiger partial charge in [-0.2, -0.15) is 0 Å². The number of hydrogen-bond acceptors (Lipinski definition) is 1. The Morgan fingerprint density at radius 3 is 2.15 bits per heavy atom. The molecular formula is C24H31FO. The first-order valence-corrected chi connectivity index (χ1v) is 10.2. The highest BCUT2D eigenvalue weighted by Crippen LogP contribution is 2.32. The lowest BCUT2D eigenvalue weighted by molar-refractivity contribution is 0.176. The first kappa shape index (κ1) is 18.9. The molecule has 1 saturated carbocycles. The summed E-state index contributed by atoms with van der Waals surface area (Å²) in [4.78, 5) is 0. The van der Waals surface area contributed by atoms with Gasteiger partial charge in [0.2, 0.25) is 0 Å². The zero-order valence-electron chi connectivity index (χ0n) is 16.1. The van der Waals surface area contributed by atoms with E-state index in [1.807, 2.05) is 6.07 Å². The average molecular weight is 355 g/mol. The lowest BCUT2D eigenvalue weighted by Gasteiger charge is -2.27. The second-order valence-electron chi connectivity index (χ2n) is 7.70. The fourth-order valence-electron chi connectivity index (χ4n) is 3.96. The van der Waals surface area contributed by atoms with Gasteiger partial charge in [-0.05, 0) is 59.9 Å². The average Bonchev–Trinajstić information content (AvgIpc) is 2.68. The third-order valence-corrected chi connectivity index (χ3v) is 5.78. The minimum atomic E-state index is -0.262. The maximum atomic E-state index is 14.5. The van der Waals surface area contributed by atoms with Crippen LogP contribution in [-0.2, 0) is 6.42 Å². The number of halogens is 1. The molecule has 1 fully saturated rings. The van der Waals surface area contributed by atoms with Gasteiger partial charge < -0.3 is 4.74 Å². The van der Waals surface area contributed by atoms with Gasteiger partial charge in [-0.25, -0.2) is 4.39 Å². The summed E-state index contributed by atoms with van der Waals surface area (Å²) in [5.41, 5.74) is 3.28. The smallest absolute Gasteiger partial charge is 0.165 e. The van der Waals surface area contributed by atoms with Crippen molar-refractivity contribution in [2.24, 2.45) is 11.8 Å². The largest absolute Gasteiger partial charge is 0.490 e. The molecule has 0 aliphatic heterocycles. The van der Waals surface area contributed by atoms with Crippen LogP contribution in [0.5, 0.6) is 5.75 Å². The van der Waals surface area contributed by atoms with Gasteiger partial charge in [0.1, 0.15) is 0 Å². The molecule has 0 N–H and O–H groups in total. The van der Waals surface area contributed by atoms with Gasteiger partial charge >= 0.3 is 0 Å². The zero-order valence-corrected chi connectivity index (χ0v) is 16.1. The quantitative estimate of drug-likeness (QED) is 0.518. The van der Waals surface area contributed by atoms with Gasteiger partial charge in [-0.15, -0.1) is 0 Å². The molecule has 2 heteroatoms. The molecule has 0 amide bonds. The Morgan fingerprint density at radius 2 is 1.54 bits per heavy atom. The van der Waals surface area contributed by atoms with E-state index >= 15 is 0 Å².